The SMILES string of the molecule is C=CCNc1nnc(SCC(=O)Nc2cc(C)c(C)cc2[N+](=O)[O-])s1. The van der Waals surface area contributed by atoms with E-state index in [4.69, 9.17) is 0 Å². The molecule has 1 aromatic carbocycles. The lowest BCUT2D eigenvalue weighted by Crippen LogP contribution is -2.15. The van der Waals surface area contributed by atoms with Crippen molar-refractivity contribution in [2.45, 2.75) is 18.2 Å². The fourth-order valence-corrected chi connectivity index (χ4v) is 3.42. The Morgan fingerprint density at radius 2 is 2.12 bits per heavy atom. The number of anilines is 2. The van der Waals surface area contributed by atoms with Crippen molar-refractivity contribution in [3.63, 3.8) is 0 Å². The van der Waals surface area contributed by atoms with Crippen molar-refractivity contribution < 1.29 is 9.72 Å². The summed E-state index contributed by atoms with van der Waals surface area (Å²) in [6, 6.07) is 3.07. The van der Waals surface area contributed by atoms with Gasteiger partial charge in [-0.1, -0.05) is 29.2 Å². The number of nitro groups is 1. The van der Waals surface area contributed by atoms with Crippen LogP contribution in [0.4, 0.5) is 16.5 Å². The van der Waals surface area contributed by atoms with Crippen molar-refractivity contribution in [1.29, 1.82) is 0 Å². The van der Waals surface area contributed by atoms with Crippen LogP contribution < -0.4 is 10.6 Å². The molecule has 0 spiro atoms. The van der Waals surface area contributed by atoms with E-state index in [9.17, 15) is 14.9 Å². The lowest BCUT2D eigenvalue weighted by atomic mass is 10.1. The highest BCUT2D eigenvalue weighted by Crippen LogP contribution is 2.29. The van der Waals surface area contributed by atoms with E-state index in [1.54, 1.807) is 19.1 Å². The maximum absolute atomic E-state index is 12.1. The van der Waals surface area contributed by atoms with Gasteiger partial charge in [-0.3, -0.25) is 14.9 Å². The van der Waals surface area contributed by atoms with Crippen molar-refractivity contribution in [1.82, 2.24) is 10.2 Å². The summed E-state index contributed by atoms with van der Waals surface area (Å²) in [5.41, 5.74) is 1.75. The van der Waals surface area contributed by atoms with Gasteiger partial charge in [0.2, 0.25) is 11.0 Å². The highest BCUT2D eigenvalue weighted by Gasteiger charge is 2.18. The molecular formula is C15H17N5O3S2. The number of aromatic nitrogens is 2. The van der Waals surface area contributed by atoms with Crippen LogP contribution in [0.15, 0.2) is 29.1 Å². The first-order chi connectivity index (χ1) is 11.9. The third-order valence-electron chi connectivity index (χ3n) is 3.21. The molecule has 2 rings (SSSR count). The molecular weight excluding hydrogens is 362 g/mol. The Balaban J connectivity index is 1.98. The maximum Gasteiger partial charge on any atom is 0.293 e. The fourth-order valence-electron chi connectivity index (χ4n) is 1.86. The molecule has 0 saturated heterocycles. The molecule has 132 valence electrons. The van der Waals surface area contributed by atoms with E-state index >= 15 is 0 Å². The minimum absolute atomic E-state index is 0.0835. The number of carbonyl (C=O) groups excluding carboxylic acids is 1. The highest BCUT2D eigenvalue weighted by molar-refractivity contribution is 8.01. The standard InChI is InChI=1S/C15H17N5O3S2/c1-4-5-16-14-18-19-15(25-14)24-8-13(21)17-11-6-9(2)10(3)7-12(11)20(22)23/h4,6-7H,1,5,8H2,2-3H3,(H,16,18)(H,17,21). The van der Waals surface area contributed by atoms with Gasteiger partial charge < -0.3 is 10.6 Å². The van der Waals surface area contributed by atoms with Crippen LogP contribution in [-0.4, -0.2) is 33.3 Å². The largest absolute Gasteiger partial charge is 0.357 e. The predicted octanol–water partition coefficient (Wildman–Crippen LogP) is 3.39. The quantitative estimate of drug-likeness (QED) is 0.313. The molecule has 1 heterocycles. The van der Waals surface area contributed by atoms with Gasteiger partial charge in [-0.15, -0.1) is 16.8 Å². The van der Waals surface area contributed by atoms with Gasteiger partial charge in [-0.2, -0.15) is 0 Å². The smallest absolute Gasteiger partial charge is 0.293 e. The zero-order valence-electron chi connectivity index (χ0n) is 13.7. The average molecular weight is 379 g/mol. The monoisotopic (exact) mass is 379 g/mol. The van der Waals surface area contributed by atoms with Gasteiger partial charge in [0.25, 0.3) is 5.69 Å². The van der Waals surface area contributed by atoms with Gasteiger partial charge >= 0.3 is 0 Å². The molecule has 0 fully saturated rings. The molecule has 0 aliphatic heterocycles. The second-order valence-corrected chi connectivity index (χ2v) is 7.29. The Morgan fingerprint density at radius 3 is 2.80 bits per heavy atom. The number of nitrogens with one attached hydrogen (secondary N) is 2. The van der Waals surface area contributed by atoms with Gasteiger partial charge in [0.15, 0.2) is 4.34 Å². The fraction of sp³-hybridized carbons (Fsp3) is 0.267. The highest BCUT2D eigenvalue weighted by atomic mass is 32.2. The van der Waals surface area contributed by atoms with E-state index in [0.29, 0.717) is 16.0 Å². The zero-order valence-corrected chi connectivity index (χ0v) is 15.4. The molecule has 0 saturated carbocycles. The number of hydrogen-bond donors (Lipinski definition) is 2. The number of nitro benzene ring substituents is 1. The second-order valence-electron chi connectivity index (χ2n) is 5.09. The molecule has 2 N–H and O–H groups in total. The summed E-state index contributed by atoms with van der Waals surface area (Å²) < 4.78 is 0.635. The Hall–Kier alpha value is -2.46. The van der Waals surface area contributed by atoms with Crippen LogP contribution in [0, 0.1) is 24.0 Å². The Labute approximate surface area is 152 Å². The van der Waals surface area contributed by atoms with Crippen LogP contribution in [0.25, 0.3) is 0 Å². The predicted molar refractivity (Wildman–Crippen MR) is 101 cm³/mol. The third-order valence-corrected chi connectivity index (χ3v) is 5.23. The van der Waals surface area contributed by atoms with Crippen LogP contribution in [0.2, 0.25) is 0 Å². The summed E-state index contributed by atoms with van der Waals surface area (Å²) in [5.74, 6) is -0.257. The molecule has 2 aromatic rings. The van der Waals surface area contributed by atoms with Crippen molar-refractivity contribution in [3.8, 4) is 0 Å². The van der Waals surface area contributed by atoms with Gasteiger partial charge in [0.05, 0.1) is 10.7 Å². The van der Waals surface area contributed by atoms with E-state index < -0.39 is 4.92 Å². The topological polar surface area (TPSA) is 110 Å². The van der Waals surface area contributed by atoms with E-state index in [2.05, 4.69) is 27.4 Å². The van der Waals surface area contributed by atoms with E-state index in [1.807, 2.05) is 6.92 Å². The molecule has 10 heteroatoms. The number of nitrogens with zero attached hydrogens (tertiary/aromatic N) is 3. The van der Waals surface area contributed by atoms with Crippen LogP contribution >= 0.6 is 23.1 Å². The first kappa shape index (κ1) is 18.9. The number of thioether (sulfide) groups is 1. The van der Waals surface area contributed by atoms with Crippen molar-refractivity contribution in [2.24, 2.45) is 0 Å². The van der Waals surface area contributed by atoms with Crippen molar-refractivity contribution in [3.05, 3.63) is 46.0 Å². The summed E-state index contributed by atoms with van der Waals surface area (Å²) in [6.45, 7) is 7.81. The number of aryl methyl sites for hydroxylation is 2. The number of amides is 1. The lowest BCUT2D eigenvalue weighted by Gasteiger charge is -2.08. The molecule has 0 aliphatic rings. The zero-order chi connectivity index (χ0) is 18.4. The first-order valence-corrected chi connectivity index (χ1v) is 9.07. The number of benzene rings is 1. The molecule has 0 bridgehead atoms. The second kappa shape index (κ2) is 8.58. The van der Waals surface area contributed by atoms with E-state index in [0.717, 1.165) is 11.1 Å². The lowest BCUT2D eigenvalue weighted by molar-refractivity contribution is -0.384. The summed E-state index contributed by atoms with van der Waals surface area (Å²) in [7, 11) is 0. The Kier molecular flexibility index (Phi) is 6.48. The minimum atomic E-state index is -0.502. The molecule has 1 amide bonds. The van der Waals surface area contributed by atoms with Crippen LogP contribution in [0.3, 0.4) is 0 Å². The number of rotatable bonds is 8. The molecule has 8 nitrogen and oxygen atoms in total. The van der Waals surface area contributed by atoms with Gasteiger partial charge in [0.1, 0.15) is 5.69 Å². The van der Waals surface area contributed by atoms with Crippen LogP contribution in [0.1, 0.15) is 11.1 Å². The Bertz CT molecular complexity index is 806. The summed E-state index contributed by atoms with van der Waals surface area (Å²) in [4.78, 5) is 22.8. The Morgan fingerprint density at radius 1 is 1.40 bits per heavy atom. The van der Waals surface area contributed by atoms with Crippen LogP contribution in [-0.2, 0) is 4.79 Å². The van der Waals surface area contributed by atoms with Crippen molar-refractivity contribution in [2.75, 3.05) is 22.9 Å². The van der Waals surface area contributed by atoms with Crippen molar-refractivity contribution >= 4 is 45.5 Å². The number of hydrogen-bond acceptors (Lipinski definition) is 8. The molecule has 1 aromatic heterocycles. The van der Waals surface area contributed by atoms with Gasteiger partial charge in [-0.05, 0) is 31.0 Å². The van der Waals surface area contributed by atoms with E-state index in [-0.39, 0.29) is 23.0 Å². The van der Waals surface area contributed by atoms with Gasteiger partial charge in [-0.25, -0.2) is 0 Å². The molecule has 0 aliphatic carbocycles. The molecule has 0 radical (unpaired) electrons. The average Bonchev–Trinajstić information content (AvgIpc) is 3.02. The van der Waals surface area contributed by atoms with Crippen LogP contribution in [0.5, 0.6) is 0 Å². The normalized spacial score (nSPS) is 10.3. The molecule has 25 heavy (non-hydrogen) atoms. The summed E-state index contributed by atoms with van der Waals surface area (Å²) in [6.07, 6.45) is 1.71. The minimum Gasteiger partial charge on any atom is -0.357 e. The maximum atomic E-state index is 12.1. The number of carbonyl (C=O) groups is 1. The summed E-state index contributed by atoms with van der Waals surface area (Å²) in [5, 5.41) is 25.3. The van der Waals surface area contributed by atoms with Gasteiger partial charge in [0, 0.05) is 12.6 Å². The third kappa shape index (κ3) is 5.26. The van der Waals surface area contributed by atoms with E-state index in [1.165, 1.54) is 29.2 Å². The summed E-state index contributed by atoms with van der Waals surface area (Å²) >= 11 is 2.55. The molecule has 0 unspecified atom stereocenters. The molecule has 0 atom stereocenters. The first-order valence-electron chi connectivity index (χ1n) is 7.27.